The molecule has 1 aliphatic carbocycles. The molecule has 4 fully saturated rings. The van der Waals surface area contributed by atoms with Crippen molar-refractivity contribution in [2.24, 2.45) is 11.8 Å². The second-order valence-corrected chi connectivity index (χ2v) is 15.2. The van der Waals surface area contributed by atoms with Gasteiger partial charge in [0.1, 0.15) is 39.3 Å². The van der Waals surface area contributed by atoms with Crippen LogP contribution in [-0.4, -0.2) is 67.5 Å². The third kappa shape index (κ3) is 9.65. The Kier molecular flexibility index (Phi) is 12.7. The number of anilines is 1. The van der Waals surface area contributed by atoms with Crippen LogP contribution in [0.1, 0.15) is 58.8 Å². The molecule has 2 bridgehead atoms. The normalized spacial score (nSPS) is 18.9. The van der Waals surface area contributed by atoms with Crippen LogP contribution in [0.4, 0.5) is 19.3 Å². The number of carbonyl (C=O) groups is 3. The molecule has 0 unspecified atom stereocenters. The van der Waals surface area contributed by atoms with Crippen molar-refractivity contribution in [1.29, 1.82) is 0 Å². The second-order valence-electron chi connectivity index (χ2n) is 14.4. The fraction of sp³-hybridized carbons (Fsp3) is 0.366. The van der Waals surface area contributed by atoms with Crippen LogP contribution in [0.5, 0.6) is 23.0 Å². The number of piperidine rings is 3. The van der Waals surface area contributed by atoms with Gasteiger partial charge in [0.15, 0.2) is 23.9 Å². The van der Waals surface area contributed by atoms with Crippen LogP contribution in [0.15, 0.2) is 73.1 Å². The van der Waals surface area contributed by atoms with Gasteiger partial charge in [-0.2, -0.15) is 13.5 Å². The number of halogens is 4. The smallest absolute Gasteiger partial charge is 0.415 e. The van der Waals surface area contributed by atoms with Gasteiger partial charge >= 0.3 is 18.7 Å². The van der Waals surface area contributed by atoms with Gasteiger partial charge in [0.25, 0.3) is 6.47 Å². The van der Waals surface area contributed by atoms with E-state index in [1.807, 2.05) is 0 Å². The lowest BCUT2D eigenvalue weighted by Crippen LogP contribution is -2.53. The lowest BCUT2D eigenvalue weighted by atomic mass is 9.86. The second kappa shape index (κ2) is 18.0. The topological polar surface area (TPSA) is 151 Å². The molecule has 1 saturated carbocycles. The number of amides is 1. The fourth-order valence-electron chi connectivity index (χ4n) is 7.26. The number of aromatic nitrogens is 1. The third-order valence-corrected chi connectivity index (χ3v) is 11.1. The summed E-state index contributed by atoms with van der Waals surface area (Å²) in [5.41, 5.74) is 0.587. The van der Waals surface area contributed by atoms with Crippen molar-refractivity contribution in [1.82, 2.24) is 4.90 Å². The molecular weight excluding hydrogens is 803 g/mol. The summed E-state index contributed by atoms with van der Waals surface area (Å²) in [6, 6.07) is 14.6. The number of para-hydroxylation sites is 3. The standard InChI is InChI=1S/C41H39Cl2F2N3O10/c42-30-19-47(53)20-31(43)29(30)17-35(26-10-11-34(57-40(44)45)36(16-26)54-22-24-8-9-24)56-39(51)28-5-3-4-27(38(28)55-23-49)18-48(32-6-1-2-7-33(32)50)41(52)58-37-21-46-14-12-25(37)13-15-46/h1-7,10-11,16,19-20,23-25,35,37,40,50H,8-9,12-15,17-18,21-22H2/t35-,37-/m0/s1. The van der Waals surface area contributed by atoms with Crippen LogP contribution < -0.4 is 23.8 Å². The zero-order valence-corrected chi connectivity index (χ0v) is 32.5. The number of benzene rings is 3. The Balaban J connectivity index is 1.22. The SMILES string of the molecule is O=COc1c(CN(C(=O)O[C@H]2CN3CCC2CC3)c2ccccc2O)cccc1C(=O)O[C@@H](Cc1c(Cl)c[n+]([O-])cc1Cl)c1ccc(OC(F)F)c(OCC2CC2)c1. The number of aromatic hydroxyl groups is 1. The molecule has 8 rings (SSSR count). The van der Waals surface area contributed by atoms with E-state index >= 15 is 0 Å². The highest BCUT2D eigenvalue weighted by Crippen LogP contribution is 2.40. The van der Waals surface area contributed by atoms with Crippen molar-refractivity contribution in [3.63, 3.8) is 0 Å². The number of phenolic OH excluding ortho intramolecular Hbond substituents is 1. The minimum Gasteiger partial charge on any atom is -0.619 e. The van der Waals surface area contributed by atoms with Crippen LogP contribution in [0.25, 0.3) is 0 Å². The van der Waals surface area contributed by atoms with E-state index in [2.05, 4.69) is 4.90 Å². The van der Waals surface area contributed by atoms with E-state index in [9.17, 15) is 33.5 Å². The first-order chi connectivity index (χ1) is 28.0. The number of esters is 1. The number of pyridine rings is 1. The van der Waals surface area contributed by atoms with Gasteiger partial charge in [-0.3, -0.25) is 14.6 Å². The summed E-state index contributed by atoms with van der Waals surface area (Å²) in [6.07, 6.45) is 3.21. The summed E-state index contributed by atoms with van der Waals surface area (Å²) < 4.78 is 55.2. The van der Waals surface area contributed by atoms with E-state index in [0.717, 1.165) is 51.2 Å². The molecule has 3 saturated heterocycles. The van der Waals surface area contributed by atoms with Gasteiger partial charge in [0.2, 0.25) is 0 Å². The first-order valence-corrected chi connectivity index (χ1v) is 19.4. The predicted octanol–water partition coefficient (Wildman–Crippen LogP) is 7.64. The van der Waals surface area contributed by atoms with Crippen LogP contribution in [-0.2, 0) is 27.2 Å². The van der Waals surface area contributed by atoms with Crippen molar-refractivity contribution in [3.8, 4) is 23.0 Å². The molecule has 4 aliphatic rings. The number of fused-ring (bicyclic) bond motifs is 3. The molecule has 58 heavy (non-hydrogen) atoms. The highest BCUT2D eigenvalue weighted by Gasteiger charge is 2.38. The summed E-state index contributed by atoms with van der Waals surface area (Å²) in [5, 5.41) is 22.8. The minimum absolute atomic E-state index is 0.0187. The fourth-order valence-corrected chi connectivity index (χ4v) is 7.86. The molecule has 0 spiro atoms. The van der Waals surface area contributed by atoms with Gasteiger partial charge in [0.05, 0.1) is 18.8 Å². The first-order valence-electron chi connectivity index (χ1n) is 18.7. The predicted molar refractivity (Wildman–Crippen MR) is 205 cm³/mol. The Hall–Kier alpha value is -5.38. The number of rotatable bonds is 16. The summed E-state index contributed by atoms with van der Waals surface area (Å²) >= 11 is 12.9. The molecule has 1 N–H and O–H groups in total. The average Bonchev–Trinajstić information content (AvgIpc) is 4.03. The van der Waals surface area contributed by atoms with Crippen molar-refractivity contribution in [2.45, 2.75) is 57.5 Å². The van der Waals surface area contributed by atoms with E-state index in [0.29, 0.717) is 11.3 Å². The number of ether oxygens (including phenoxy) is 5. The Bertz CT molecular complexity index is 2130. The molecule has 4 aromatic rings. The molecule has 0 radical (unpaired) electrons. The Labute approximate surface area is 342 Å². The molecule has 2 atom stereocenters. The number of hydrogen-bond donors (Lipinski definition) is 1. The minimum atomic E-state index is -3.14. The first kappa shape index (κ1) is 40.8. The van der Waals surface area contributed by atoms with Gasteiger partial charge in [-0.15, -0.1) is 0 Å². The third-order valence-electron chi connectivity index (χ3n) is 10.5. The van der Waals surface area contributed by atoms with Gasteiger partial charge < -0.3 is 34.0 Å². The zero-order valence-electron chi connectivity index (χ0n) is 30.9. The maximum absolute atomic E-state index is 14.2. The number of hydrogen-bond acceptors (Lipinski definition) is 11. The highest BCUT2D eigenvalue weighted by molar-refractivity contribution is 6.35. The van der Waals surface area contributed by atoms with E-state index in [4.69, 9.17) is 46.9 Å². The summed E-state index contributed by atoms with van der Waals surface area (Å²) in [4.78, 5) is 43.6. The molecular formula is C41H39Cl2F2N3O10. The van der Waals surface area contributed by atoms with Crippen LogP contribution in [0.2, 0.25) is 10.0 Å². The zero-order chi connectivity index (χ0) is 40.9. The maximum Gasteiger partial charge on any atom is 0.415 e. The summed E-state index contributed by atoms with van der Waals surface area (Å²) in [7, 11) is 0. The number of phenols is 1. The van der Waals surface area contributed by atoms with Crippen molar-refractivity contribution < 1.29 is 56.7 Å². The van der Waals surface area contributed by atoms with Gasteiger partial charge in [-0.25, -0.2) is 9.59 Å². The monoisotopic (exact) mass is 841 g/mol. The van der Waals surface area contributed by atoms with Crippen LogP contribution in [0, 0.1) is 17.0 Å². The highest BCUT2D eigenvalue weighted by atomic mass is 35.5. The van der Waals surface area contributed by atoms with Crippen molar-refractivity contribution in [2.75, 3.05) is 31.1 Å². The van der Waals surface area contributed by atoms with E-state index < -0.39 is 24.8 Å². The van der Waals surface area contributed by atoms with E-state index in [1.165, 1.54) is 53.4 Å². The molecule has 3 aliphatic heterocycles. The van der Waals surface area contributed by atoms with E-state index in [1.54, 1.807) is 12.1 Å². The largest absolute Gasteiger partial charge is 0.619 e. The lowest BCUT2D eigenvalue weighted by Gasteiger charge is -2.44. The number of alkyl halides is 2. The van der Waals surface area contributed by atoms with Gasteiger partial charge in [0, 0.05) is 24.1 Å². The number of nitrogens with zero attached hydrogens (tertiary/aromatic N) is 3. The average molecular weight is 843 g/mol. The lowest BCUT2D eigenvalue weighted by molar-refractivity contribution is -0.605. The van der Waals surface area contributed by atoms with Crippen LogP contribution >= 0.6 is 23.2 Å². The molecule has 3 aromatic carbocycles. The maximum atomic E-state index is 14.2. The summed E-state index contributed by atoms with van der Waals surface area (Å²) in [6.45, 7) is -0.638. The van der Waals surface area contributed by atoms with Gasteiger partial charge in [-0.05, 0) is 86.5 Å². The Morgan fingerprint density at radius 2 is 1.74 bits per heavy atom. The molecule has 306 valence electrons. The van der Waals surface area contributed by atoms with E-state index in [-0.39, 0.29) is 105 Å². The molecule has 1 aromatic heterocycles. The molecule has 13 nitrogen and oxygen atoms in total. The van der Waals surface area contributed by atoms with Crippen molar-refractivity contribution >= 4 is 47.4 Å². The molecule has 4 heterocycles. The molecule has 1 amide bonds. The Morgan fingerprint density at radius 1 is 1.00 bits per heavy atom. The summed E-state index contributed by atoms with van der Waals surface area (Å²) in [5.74, 6) is -1.26. The molecule has 17 heteroatoms. The quantitative estimate of drug-likeness (QED) is 0.0513. The Morgan fingerprint density at radius 3 is 2.40 bits per heavy atom. The van der Waals surface area contributed by atoms with Crippen molar-refractivity contribution in [3.05, 3.63) is 111 Å². The number of carbonyl (C=O) groups excluding carboxylic acids is 3. The van der Waals surface area contributed by atoms with Crippen LogP contribution in [0.3, 0.4) is 0 Å². The van der Waals surface area contributed by atoms with Gasteiger partial charge in [-0.1, -0.05) is 53.5 Å².